The van der Waals surface area contributed by atoms with Crippen molar-refractivity contribution in [1.29, 1.82) is 0 Å². The van der Waals surface area contributed by atoms with Gasteiger partial charge < -0.3 is 13.5 Å². The average Bonchev–Trinajstić information content (AvgIpc) is 2.99. The first kappa shape index (κ1) is 16.7. The van der Waals surface area contributed by atoms with Crippen molar-refractivity contribution in [2.45, 2.75) is 26.6 Å². The molecular weight excluding hydrogens is 303 g/mol. The van der Waals surface area contributed by atoms with Crippen LogP contribution in [0.15, 0.2) is 41.0 Å². The monoisotopic (exact) mass is 325 g/mol. The molecule has 2 heterocycles. The minimum atomic E-state index is -3.42. The molecule has 0 amide bonds. The molecule has 120 valence electrons. The first-order valence-corrected chi connectivity index (χ1v) is 8.88. The molecule has 2 aromatic rings. The van der Waals surface area contributed by atoms with Gasteiger partial charge in [0.1, 0.15) is 0 Å². The molecule has 6 nitrogen and oxygen atoms in total. The number of aryl methyl sites for hydroxylation is 1. The lowest BCUT2D eigenvalue weighted by Crippen LogP contribution is -2.21. The van der Waals surface area contributed by atoms with Gasteiger partial charge in [-0.3, -0.25) is 9.88 Å². The summed E-state index contributed by atoms with van der Waals surface area (Å²) in [5.74, 6) is 0.488. The molecule has 1 atom stereocenters. The highest BCUT2D eigenvalue weighted by Gasteiger charge is 2.42. The number of aromatic nitrogens is 1. The number of anilines is 1. The highest BCUT2D eigenvalue weighted by atomic mass is 31.2. The van der Waals surface area contributed by atoms with E-state index in [1.54, 1.807) is 26.0 Å². The zero-order chi connectivity index (χ0) is 16.0. The molecule has 0 saturated carbocycles. The Labute approximate surface area is 130 Å². The van der Waals surface area contributed by atoms with Gasteiger partial charge in [-0.2, -0.15) is 0 Å². The second-order valence-electron chi connectivity index (χ2n) is 4.69. The molecule has 2 N–H and O–H groups in total. The minimum absolute atomic E-state index is 0.285. The molecule has 2 rings (SSSR count). The summed E-state index contributed by atoms with van der Waals surface area (Å²) < 4.78 is 29.5. The van der Waals surface area contributed by atoms with Crippen LogP contribution >= 0.6 is 7.60 Å². The summed E-state index contributed by atoms with van der Waals surface area (Å²) >= 11 is 0. The Kier molecular flexibility index (Phi) is 5.77. The second kappa shape index (κ2) is 7.58. The van der Waals surface area contributed by atoms with E-state index >= 15 is 0 Å². The molecular formula is C15H22N2O4P+. The van der Waals surface area contributed by atoms with Gasteiger partial charge >= 0.3 is 7.60 Å². The van der Waals surface area contributed by atoms with E-state index in [1.807, 2.05) is 25.1 Å². The third-order valence-corrected chi connectivity index (χ3v) is 5.23. The van der Waals surface area contributed by atoms with Crippen LogP contribution in [0.2, 0.25) is 0 Å². The quantitative estimate of drug-likeness (QED) is 0.748. The van der Waals surface area contributed by atoms with Gasteiger partial charge in [-0.1, -0.05) is 6.07 Å². The molecule has 0 bridgehead atoms. The highest BCUT2D eigenvalue weighted by Crippen LogP contribution is 2.60. The van der Waals surface area contributed by atoms with Gasteiger partial charge in [0, 0.05) is 6.07 Å². The Balaban J connectivity index is 2.36. The number of hydrogen-bond acceptors (Lipinski definition) is 5. The molecule has 22 heavy (non-hydrogen) atoms. The minimum Gasteiger partial charge on any atom is -0.464 e. The summed E-state index contributed by atoms with van der Waals surface area (Å²) in [5.41, 5.74) is 0.978. The topological polar surface area (TPSA) is 74.8 Å². The van der Waals surface area contributed by atoms with Crippen LogP contribution in [0.3, 0.4) is 0 Å². The van der Waals surface area contributed by atoms with Crippen LogP contribution in [-0.4, -0.2) is 13.2 Å². The molecule has 0 radical (unpaired) electrons. The van der Waals surface area contributed by atoms with Crippen LogP contribution < -0.4 is 10.3 Å². The molecule has 0 saturated heterocycles. The summed E-state index contributed by atoms with van der Waals surface area (Å²) in [6.07, 6.45) is 1.53. The maximum absolute atomic E-state index is 13.1. The summed E-state index contributed by atoms with van der Waals surface area (Å²) in [6, 6.07) is 9.19. The van der Waals surface area contributed by atoms with E-state index in [0.717, 1.165) is 5.69 Å². The standard InChI is InChI=1S/C15H21N2O4P/c1-4-20-22(18,21-5-2)15(13-9-7-11-19-13)17-14-10-6-8-12(3)16-14/h6-11,15H,4-5H2,1-3H3,(H,16,17)/p+1/t15-/m0/s1. The Morgan fingerprint density at radius 3 is 2.50 bits per heavy atom. The van der Waals surface area contributed by atoms with Crippen molar-refractivity contribution in [3.05, 3.63) is 48.0 Å². The Hall–Kier alpha value is -1.62. The van der Waals surface area contributed by atoms with Crippen molar-refractivity contribution in [3.8, 4) is 0 Å². The van der Waals surface area contributed by atoms with Crippen molar-refractivity contribution >= 4 is 13.4 Å². The van der Waals surface area contributed by atoms with Gasteiger partial charge in [0.25, 0.3) is 11.6 Å². The molecule has 0 aromatic carbocycles. The summed E-state index contributed by atoms with van der Waals surface area (Å²) in [6.45, 7) is 6.08. The molecule has 0 spiro atoms. The molecule has 0 fully saturated rings. The van der Waals surface area contributed by atoms with E-state index in [0.29, 0.717) is 11.6 Å². The molecule has 0 aliphatic carbocycles. The van der Waals surface area contributed by atoms with Gasteiger partial charge in [-0.25, -0.2) is 4.98 Å². The molecule has 0 aliphatic heterocycles. The number of pyridine rings is 1. The van der Waals surface area contributed by atoms with Crippen LogP contribution in [0, 0.1) is 6.92 Å². The normalized spacial score (nSPS) is 13.0. The van der Waals surface area contributed by atoms with Crippen molar-refractivity contribution in [1.82, 2.24) is 0 Å². The van der Waals surface area contributed by atoms with E-state index < -0.39 is 13.4 Å². The zero-order valence-electron chi connectivity index (χ0n) is 13.0. The number of aromatic amines is 1. The Morgan fingerprint density at radius 1 is 1.23 bits per heavy atom. The first-order valence-electron chi connectivity index (χ1n) is 7.26. The SMILES string of the molecule is CCOP(=O)(OCC)[C@H](Nc1cccc(C)[nH+]1)c1ccco1. The predicted octanol–water partition coefficient (Wildman–Crippen LogP) is 3.78. The van der Waals surface area contributed by atoms with E-state index in [2.05, 4.69) is 10.3 Å². The van der Waals surface area contributed by atoms with Crippen LogP contribution in [-0.2, 0) is 13.6 Å². The third-order valence-electron chi connectivity index (χ3n) is 2.98. The number of nitrogens with one attached hydrogen (secondary N) is 2. The van der Waals surface area contributed by atoms with Crippen LogP contribution in [0.5, 0.6) is 0 Å². The largest absolute Gasteiger partial charge is 0.464 e. The Morgan fingerprint density at radius 2 is 1.95 bits per heavy atom. The number of H-pyrrole nitrogens is 1. The highest BCUT2D eigenvalue weighted by molar-refractivity contribution is 7.54. The van der Waals surface area contributed by atoms with Gasteiger partial charge in [-0.05, 0) is 39.0 Å². The van der Waals surface area contributed by atoms with Gasteiger partial charge in [0.05, 0.1) is 25.2 Å². The lowest BCUT2D eigenvalue weighted by atomic mass is 10.3. The number of furan rings is 1. The average molecular weight is 325 g/mol. The summed E-state index contributed by atoms with van der Waals surface area (Å²) in [5, 5.41) is 3.17. The maximum Gasteiger partial charge on any atom is 0.382 e. The van der Waals surface area contributed by atoms with Crippen molar-refractivity contribution in [2.24, 2.45) is 0 Å². The van der Waals surface area contributed by atoms with Crippen LogP contribution in [0.25, 0.3) is 0 Å². The smallest absolute Gasteiger partial charge is 0.382 e. The van der Waals surface area contributed by atoms with Crippen LogP contribution in [0.1, 0.15) is 31.1 Å². The van der Waals surface area contributed by atoms with Gasteiger partial charge in [0.15, 0.2) is 5.76 Å². The maximum atomic E-state index is 13.1. The van der Waals surface area contributed by atoms with E-state index in [-0.39, 0.29) is 13.2 Å². The van der Waals surface area contributed by atoms with E-state index in [4.69, 9.17) is 13.5 Å². The van der Waals surface area contributed by atoms with Crippen molar-refractivity contribution < 1.29 is 23.0 Å². The fraction of sp³-hybridized carbons (Fsp3) is 0.400. The zero-order valence-corrected chi connectivity index (χ0v) is 13.9. The van der Waals surface area contributed by atoms with E-state index in [1.165, 1.54) is 6.26 Å². The second-order valence-corrected chi connectivity index (χ2v) is 6.80. The number of hydrogen-bond donors (Lipinski definition) is 1. The molecule has 2 aromatic heterocycles. The molecule has 0 unspecified atom stereocenters. The summed E-state index contributed by atoms with van der Waals surface area (Å²) in [4.78, 5) is 3.17. The lowest BCUT2D eigenvalue weighted by molar-refractivity contribution is -0.371. The van der Waals surface area contributed by atoms with Crippen molar-refractivity contribution in [2.75, 3.05) is 18.5 Å². The predicted molar refractivity (Wildman–Crippen MR) is 83.7 cm³/mol. The van der Waals surface area contributed by atoms with Crippen LogP contribution in [0.4, 0.5) is 5.82 Å². The Bertz CT molecular complexity index is 620. The lowest BCUT2D eigenvalue weighted by Gasteiger charge is -2.22. The van der Waals surface area contributed by atoms with Crippen molar-refractivity contribution in [3.63, 3.8) is 0 Å². The third kappa shape index (κ3) is 3.97. The fourth-order valence-corrected chi connectivity index (χ4v) is 3.96. The molecule has 7 heteroatoms. The van der Waals surface area contributed by atoms with Gasteiger partial charge in [0.2, 0.25) is 0 Å². The van der Waals surface area contributed by atoms with E-state index in [9.17, 15) is 4.57 Å². The number of rotatable bonds is 8. The molecule has 0 aliphatic rings. The fourth-order valence-electron chi connectivity index (χ4n) is 2.12. The van der Waals surface area contributed by atoms with Gasteiger partial charge in [-0.15, -0.1) is 0 Å². The first-order chi connectivity index (χ1) is 10.6. The summed E-state index contributed by atoms with van der Waals surface area (Å²) in [7, 11) is -3.42.